The Balaban J connectivity index is 1.33. The zero-order chi connectivity index (χ0) is 21.6. The molecule has 2 aromatic carbocycles. The summed E-state index contributed by atoms with van der Waals surface area (Å²) in [6.07, 6.45) is 4.07. The lowest BCUT2D eigenvalue weighted by atomic mass is 10.2. The Morgan fingerprint density at radius 2 is 1.71 bits per heavy atom. The van der Waals surface area contributed by atoms with Gasteiger partial charge >= 0.3 is 0 Å². The highest BCUT2D eigenvalue weighted by Crippen LogP contribution is 2.31. The third kappa shape index (κ3) is 5.63. The summed E-state index contributed by atoms with van der Waals surface area (Å²) in [5, 5.41) is 1.54. The fourth-order valence-electron chi connectivity index (χ4n) is 3.49. The highest BCUT2D eigenvalue weighted by atomic mass is 35.5. The number of benzene rings is 2. The molecule has 0 aliphatic carbocycles. The van der Waals surface area contributed by atoms with E-state index >= 15 is 0 Å². The fraction of sp³-hybridized carbons (Fsp3) is 0.333. The van der Waals surface area contributed by atoms with Crippen LogP contribution in [0.3, 0.4) is 0 Å². The molecule has 4 rings (SSSR count). The van der Waals surface area contributed by atoms with Crippen LogP contribution in [0.2, 0.25) is 5.02 Å². The van der Waals surface area contributed by atoms with Gasteiger partial charge in [-0.3, -0.25) is 4.79 Å². The number of hydrogen-bond acceptors (Lipinski definition) is 5. The number of thioether (sulfide) groups is 1. The second kappa shape index (κ2) is 10.2. The molecule has 0 atom stereocenters. The number of nitrogens with zero attached hydrogens (tertiary/aromatic N) is 3. The molecule has 1 fully saturated rings. The first-order valence-corrected chi connectivity index (χ1v) is 11.8. The summed E-state index contributed by atoms with van der Waals surface area (Å²) in [4.78, 5) is 21.9. The van der Waals surface area contributed by atoms with Crippen molar-refractivity contribution in [1.29, 1.82) is 0 Å². The normalized spacial score (nSPS) is 17.9. The molecule has 5 nitrogen and oxygen atoms in total. The van der Waals surface area contributed by atoms with Gasteiger partial charge in [-0.25, -0.2) is 0 Å². The number of anilines is 1. The average molecular weight is 456 g/mol. The number of carbonyl (C=O) groups excluding carboxylic acids is 1. The van der Waals surface area contributed by atoms with Crippen LogP contribution in [0.1, 0.15) is 25.3 Å². The van der Waals surface area contributed by atoms with Crippen LogP contribution >= 0.6 is 23.4 Å². The molecule has 0 bridgehead atoms. The fourth-order valence-corrected chi connectivity index (χ4v) is 4.58. The first kappa shape index (κ1) is 21.8. The summed E-state index contributed by atoms with van der Waals surface area (Å²) in [5.74, 6) is 0.694. The maximum absolute atomic E-state index is 12.4. The average Bonchev–Trinajstić information content (AvgIpc) is 3.16. The van der Waals surface area contributed by atoms with E-state index in [1.165, 1.54) is 17.4 Å². The van der Waals surface area contributed by atoms with Crippen molar-refractivity contribution in [3.8, 4) is 5.75 Å². The quantitative estimate of drug-likeness (QED) is 0.436. The lowest BCUT2D eigenvalue weighted by molar-refractivity contribution is -0.113. The maximum atomic E-state index is 12.4. The number of halogens is 1. The number of aliphatic imine (C=N–C) groups is 1. The van der Waals surface area contributed by atoms with Gasteiger partial charge in [0.05, 0.1) is 11.5 Å². The van der Waals surface area contributed by atoms with Crippen molar-refractivity contribution in [2.24, 2.45) is 4.99 Å². The molecular weight excluding hydrogens is 430 g/mol. The Kier molecular flexibility index (Phi) is 7.20. The second-order valence-corrected chi connectivity index (χ2v) is 8.98. The molecule has 2 aliphatic heterocycles. The molecule has 2 aromatic rings. The Morgan fingerprint density at radius 3 is 2.39 bits per heavy atom. The molecular formula is C24H26ClN3O2S. The van der Waals surface area contributed by atoms with Gasteiger partial charge in [0.15, 0.2) is 5.17 Å². The van der Waals surface area contributed by atoms with E-state index in [1.54, 1.807) is 0 Å². The number of ether oxygens (including phenoxy) is 1. The molecule has 0 saturated carbocycles. The molecule has 0 spiro atoms. The summed E-state index contributed by atoms with van der Waals surface area (Å²) < 4.78 is 5.70. The number of carbonyl (C=O) groups is 1. The largest absolute Gasteiger partial charge is 0.494 e. The first-order valence-electron chi connectivity index (χ1n) is 10.6. The number of unbranched alkanes of at least 4 members (excludes halogenated alkanes) is 1. The Bertz CT molecular complexity index is 965. The zero-order valence-corrected chi connectivity index (χ0v) is 19.2. The van der Waals surface area contributed by atoms with Crippen LogP contribution in [-0.4, -0.2) is 48.8 Å². The van der Waals surface area contributed by atoms with Gasteiger partial charge in [-0.05, 0) is 66.2 Å². The van der Waals surface area contributed by atoms with Crippen molar-refractivity contribution in [3.05, 3.63) is 64.0 Å². The Morgan fingerprint density at radius 1 is 1.03 bits per heavy atom. The lowest BCUT2D eigenvalue weighted by Crippen LogP contribution is -2.47. The number of hydrogen-bond donors (Lipinski definition) is 0. The van der Waals surface area contributed by atoms with Crippen molar-refractivity contribution in [1.82, 2.24) is 4.90 Å². The van der Waals surface area contributed by atoms with E-state index in [2.05, 4.69) is 21.7 Å². The van der Waals surface area contributed by atoms with E-state index in [1.807, 2.05) is 54.6 Å². The van der Waals surface area contributed by atoms with Crippen molar-refractivity contribution >= 4 is 46.2 Å². The third-order valence-corrected chi connectivity index (χ3v) is 6.59. The van der Waals surface area contributed by atoms with Crippen LogP contribution in [0.5, 0.6) is 5.75 Å². The molecule has 7 heteroatoms. The molecule has 1 saturated heterocycles. The van der Waals surface area contributed by atoms with Crippen LogP contribution in [0.4, 0.5) is 5.69 Å². The monoisotopic (exact) mass is 455 g/mol. The highest BCUT2D eigenvalue weighted by molar-refractivity contribution is 8.18. The topological polar surface area (TPSA) is 45.1 Å². The van der Waals surface area contributed by atoms with E-state index in [9.17, 15) is 4.79 Å². The van der Waals surface area contributed by atoms with Gasteiger partial charge in [0, 0.05) is 36.9 Å². The van der Waals surface area contributed by atoms with Crippen LogP contribution < -0.4 is 9.64 Å². The van der Waals surface area contributed by atoms with Gasteiger partial charge < -0.3 is 14.5 Å². The SMILES string of the molecule is CCCCOc1ccc(C=C2SC(N3CCN(c4ccc(Cl)cc4)CC3)=NC2=O)cc1. The molecule has 0 unspecified atom stereocenters. The molecule has 0 radical (unpaired) electrons. The standard InChI is InChI=1S/C24H26ClN3O2S/c1-2-3-16-30-21-10-4-18(5-11-21)17-22-23(29)26-24(31-22)28-14-12-27(13-15-28)20-8-6-19(25)7-9-20/h4-11,17H,2-3,12-16H2,1H3. The molecule has 0 N–H and O–H groups in total. The maximum Gasteiger partial charge on any atom is 0.286 e. The van der Waals surface area contributed by atoms with Gasteiger partial charge in [-0.2, -0.15) is 4.99 Å². The molecule has 2 aliphatic rings. The molecule has 1 amide bonds. The smallest absolute Gasteiger partial charge is 0.286 e. The minimum absolute atomic E-state index is 0.164. The van der Waals surface area contributed by atoms with Crippen molar-refractivity contribution in [3.63, 3.8) is 0 Å². The molecule has 31 heavy (non-hydrogen) atoms. The molecule has 2 heterocycles. The molecule has 162 valence electrons. The van der Waals surface area contributed by atoms with Gasteiger partial charge in [-0.1, -0.05) is 37.1 Å². The van der Waals surface area contributed by atoms with Gasteiger partial charge in [-0.15, -0.1) is 0 Å². The van der Waals surface area contributed by atoms with Gasteiger partial charge in [0.25, 0.3) is 5.91 Å². The van der Waals surface area contributed by atoms with Gasteiger partial charge in [0.1, 0.15) is 5.75 Å². The van der Waals surface area contributed by atoms with Crippen LogP contribution in [0.25, 0.3) is 6.08 Å². The summed E-state index contributed by atoms with van der Waals surface area (Å²) >= 11 is 7.45. The van der Waals surface area contributed by atoms with Crippen molar-refractivity contribution in [2.45, 2.75) is 19.8 Å². The summed E-state index contributed by atoms with van der Waals surface area (Å²) in [6.45, 7) is 6.30. The minimum atomic E-state index is -0.164. The van der Waals surface area contributed by atoms with E-state index in [-0.39, 0.29) is 5.91 Å². The van der Waals surface area contributed by atoms with E-state index in [4.69, 9.17) is 16.3 Å². The second-order valence-electron chi connectivity index (χ2n) is 7.53. The van der Waals surface area contributed by atoms with E-state index in [0.29, 0.717) is 4.91 Å². The number of piperazine rings is 1. The van der Waals surface area contributed by atoms with E-state index < -0.39 is 0 Å². The van der Waals surface area contributed by atoms with Crippen LogP contribution in [0, 0.1) is 0 Å². The minimum Gasteiger partial charge on any atom is -0.494 e. The zero-order valence-electron chi connectivity index (χ0n) is 17.6. The number of amidine groups is 1. The van der Waals surface area contributed by atoms with Gasteiger partial charge in [0.2, 0.25) is 0 Å². The Hall–Kier alpha value is -2.44. The predicted octanol–water partition coefficient (Wildman–Crippen LogP) is 5.31. The Labute approximate surface area is 192 Å². The summed E-state index contributed by atoms with van der Waals surface area (Å²) in [5.41, 5.74) is 2.14. The number of amides is 1. The highest BCUT2D eigenvalue weighted by Gasteiger charge is 2.28. The van der Waals surface area contributed by atoms with Crippen LogP contribution in [0.15, 0.2) is 58.4 Å². The number of rotatable bonds is 6. The van der Waals surface area contributed by atoms with E-state index in [0.717, 1.165) is 67.1 Å². The predicted molar refractivity (Wildman–Crippen MR) is 130 cm³/mol. The third-order valence-electron chi connectivity index (χ3n) is 5.30. The lowest BCUT2D eigenvalue weighted by Gasteiger charge is -2.36. The molecule has 0 aromatic heterocycles. The summed E-state index contributed by atoms with van der Waals surface area (Å²) in [7, 11) is 0. The summed E-state index contributed by atoms with van der Waals surface area (Å²) in [6, 6.07) is 15.8. The first-order chi connectivity index (χ1) is 15.1. The van der Waals surface area contributed by atoms with Crippen LogP contribution in [-0.2, 0) is 4.79 Å². The van der Waals surface area contributed by atoms with Crippen molar-refractivity contribution in [2.75, 3.05) is 37.7 Å². The van der Waals surface area contributed by atoms with Crippen molar-refractivity contribution < 1.29 is 9.53 Å².